The molecule has 0 unspecified atom stereocenters. The van der Waals surface area contributed by atoms with Gasteiger partial charge in [0.1, 0.15) is 11.8 Å². The number of hydrogen-bond donors (Lipinski definition) is 2. The average molecular weight is 295 g/mol. The van der Waals surface area contributed by atoms with Crippen LogP contribution in [0.1, 0.15) is 43.4 Å². The Morgan fingerprint density at radius 1 is 1.09 bits per heavy atom. The lowest BCUT2D eigenvalue weighted by Gasteiger charge is -2.27. The molecular formula is C19H23N2O+. The second-order valence-electron chi connectivity index (χ2n) is 5.86. The highest BCUT2D eigenvalue weighted by Gasteiger charge is 2.29. The zero-order valence-electron chi connectivity index (χ0n) is 12.9. The van der Waals surface area contributed by atoms with Gasteiger partial charge in [0.15, 0.2) is 6.17 Å². The molecule has 0 aliphatic carbocycles. The van der Waals surface area contributed by atoms with Crippen LogP contribution < -0.4 is 5.32 Å². The largest absolute Gasteiger partial charge is 0.507 e. The first-order chi connectivity index (χ1) is 10.8. The number of benzene rings is 2. The van der Waals surface area contributed by atoms with E-state index in [1.54, 1.807) is 6.07 Å². The molecule has 3 rings (SSSR count). The summed E-state index contributed by atoms with van der Waals surface area (Å²) in [7, 11) is 0. The van der Waals surface area contributed by atoms with Crippen LogP contribution in [0.2, 0.25) is 0 Å². The Hall–Kier alpha value is -2.13. The van der Waals surface area contributed by atoms with Gasteiger partial charge in [-0.3, -0.25) is 0 Å². The monoisotopic (exact) mass is 295 g/mol. The van der Waals surface area contributed by atoms with E-state index in [0.717, 1.165) is 30.5 Å². The van der Waals surface area contributed by atoms with E-state index < -0.39 is 0 Å². The molecule has 0 fully saturated rings. The maximum absolute atomic E-state index is 10.2. The molecule has 1 aliphatic heterocycles. The highest BCUT2D eigenvalue weighted by atomic mass is 16.3. The van der Waals surface area contributed by atoms with E-state index in [1.165, 1.54) is 5.56 Å². The van der Waals surface area contributed by atoms with Crippen molar-refractivity contribution in [3.63, 3.8) is 0 Å². The first kappa shape index (κ1) is 14.8. The molecule has 2 atom stereocenters. The highest BCUT2D eigenvalue weighted by molar-refractivity contribution is 6.01. The third kappa shape index (κ3) is 3.20. The molecule has 1 heterocycles. The summed E-state index contributed by atoms with van der Waals surface area (Å²) in [5.41, 5.74) is 3.35. The average Bonchev–Trinajstić information content (AvgIpc) is 2.56. The van der Waals surface area contributed by atoms with Crippen LogP contribution in [0.3, 0.4) is 0 Å². The van der Waals surface area contributed by atoms with Crippen molar-refractivity contribution in [2.75, 3.05) is 0 Å². The van der Waals surface area contributed by atoms with Crippen LogP contribution in [0.15, 0.2) is 59.6 Å². The maximum Gasteiger partial charge on any atom is 0.180 e. The normalized spacial score (nSPS) is 21.4. The Morgan fingerprint density at radius 3 is 2.55 bits per heavy atom. The first-order valence-electron chi connectivity index (χ1n) is 8.03. The van der Waals surface area contributed by atoms with Crippen LogP contribution in [0.5, 0.6) is 5.75 Å². The molecule has 3 heteroatoms. The molecule has 0 bridgehead atoms. The fourth-order valence-corrected chi connectivity index (χ4v) is 3.13. The van der Waals surface area contributed by atoms with Crippen molar-refractivity contribution >= 4 is 5.71 Å². The summed E-state index contributed by atoms with van der Waals surface area (Å²) in [4.78, 5) is 4.93. The van der Waals surface area contributed by atoms with Crippen LogP contribution in [0.4, 0.5) is 0 Å². The number of quaternary nitrogens is 1. The van der Waals surface area contributed by atoms with Gasteiger partial charge < -0.3 is 10.4 Å². The number of aliphatic imine (C=N–C) groups is 1. The van der Waals surface area contributed by atoms with E-state index in [4.69, 9.17) is 4.99 Å². The van der Waals surface area contributed by atoms with E-state index in [2.05, 4.69) is 36.5 Å². The standard InChI is InChI=1S/C19H22N2O/c1-2-8-19-20-16(14-9-4-3-5-10-14)13-17(21-19)15-11-6-7-12-18(15)22/h3-7,9-12,17,19,21-22H,2,8,13H2,1H3/p+1/t17-,19-/m1/s1. The number of para-hydroxylation sites is 1. The molecular weight excluding hydrogens is 272 g/mol. The predicted molar refractivity (Wildman–Crippen MR) is 89.1 cm³/mol. The third-order valence-electron chi connectivity index (χ3n) is 4.22. The number of rotatable bonds is 4. The summed E-state index contributed by atoms with van der Waals surface area (Å²) < 4.78 is 0. The van der Waals surface area contributed by atoms with E-state index >= 15 is 0 Å². The molecule has 0 aromatic heterocycles. The summed E-state index contributed by atoms with van der Waals surface area (Å²) in [6.45, 7) is 2.19. The van der Waals surface area contributed by atoms with Crippen molar-refractivity contribution in [3.8, 4) is 5.75 Å². The molecule has 3 nitrogen and oxygen atoms in total. The molecule has 0 amide bonds. The number of phenolic OH excluding ortho intramolecular Hbond substituents is 1. The van der Waals surface area contributed by atoms with Gasteiger partial charge in [0.25, 0.3) is 0 Å². The molecule has 1 aliphatic rings. The van der Waals surface area contributed by atoms with Crippen LogP contribution in [-0.4, -0.2) is 17.0 Å². The summed E-state index contributed by atoms with van der Waals surface area (Å²) in [5, 5.41) is 12.5. The number of phenols is 1. The van der Waals surface area contributed by atoms with Gasteiger partial charge in [-0.2, -0.15) is 0 Å². The predicted octanol–water partition coefficient (Wildman–Crippen LogP) is 3.02. The lowest BCUT2D eigenvalue weighted by Crippen LogP contribution is -2.91. The molecule has 2 aromatic rings. The summed E-state index contributed by atoms with van der Waals surface area (Å²) in [6.07, 6.45) is 3.25. The number of nitrogens with zero attached hydrogens (tertiary/aromatic N) is 1. The summed E-state index contributed by atoms with van der Waals surface area (Å²) >= 11 is 0. The lowest BCUT2D eigenvalue weighted by atomic mass is 9.94. The first-order valence-corrected chi connectivity index (χ1v) is 8.03. The quantitative estimate of drug-likeness (QED) is 0.895. The molecule has 0 radical (unpaired) electrons. The molecule has 3 N–H and O–H groups in total. The van der Waals surface area contributed by atoms with Gasteiger partial charge in [0.05, 0.1) is 11.3 Å². The van der Waals surface area contributed by atoms with Crippen molar-refractivity contribution < 1.29 is 10.4 Å². The zero-order valence-corrected chi connectivity index (χ0v) is 12.9. The number of hydrogen-bond acceptors (Lipinski definition) is 2. The fourth-order valence-electron chi connectivity index (χ4n) is 3.13. The number of nitrogens with two attached hydrogens (primary N) is 1. The molecule has 114 valence electrons. The van der Waals surface area contributed by atoms with Gasteiger partial charge in [-0.15, -0.1) is 0 Å². The van der Waals surface area contributed by atoms with E-state index in [9.17, 15) is 5.11 Å². The minimum absolute atomic E-state index is 0.227. The van der Waals surface area contributed by atoms with E-state index in [1.807, 2.05) is 24.3 Å². The molecule has 0 saturated carbocycles. The Bertz CT molecular complexity index is 651. The highest BCUT2D eigenvalue weighted by Crippen LogP contribution is 2.27. The number of aromatic hydroxyl groups is 1. The third-order valence-corrected chi connectivity index (χ3v) is 4.22. The van der Waals surface area contributed by atoms with Crippen molar-refractivity contribution in [2.45, 2.75) is 38.4 Å². The van der Waals surface area contributed by atoms with Crippen molar-refractivity contribution in [1.29, 1.82) is 0 Å². The van der Waals surface area contributed by atoms with Gasteiger partial charge in [-0.25, -0.2) is 4.99 Å². The van der Waals surface area contributed by atoms with Crippen molar-refractivity contribution in [2.24, 2.45) is 4.99 Å². The Kier molecular flexibility index (Phi) is 4.54. The second-order valence-corrected chi connectivity index (χ2v) is 5.86. The fraction of sp³-hybridized carbons (Fsp3) is 0.316. The lowest BCUT2D eigenvalue weighted by molar-refractivity contribution is -0.729. The Labute approximate surface area is 131 Å². The Morgan fingerprint density at radius 2 is 1.82 bits per heavy atom. The zero-order chi connectivity index (χ0) is 15.4. The smallest absolute Gasteiger partial charge is 0.180 e. The van der Waals surface area contributed by atoms with Gasteiger partial charge in [-0.1, -0.05) is 49.4 Å². The van der Waals surface area contributed by atoms with Crippen molar-refractivity contribution in [3.05, 3.63) is 65.7 Å². The van der Waals surface area contributed by atoms with Crippen LogP contribution in [0, 0.1) is 0 Å². The van der Waals surface area contributed by atoms with Gasteiger partial charge in [0, 0.05) is 12.8 Å². The van der Waals surface area contributed by atoms with Crippen LogP contribution >= 0.6 is 0 Å². The topological polar surface area (TPSA) is 49.2 Å². The Balaban J connectivity index is 1.92. The molecule has 0 spiro atoms. The van der Waals surface area contributed by atoms with Crippen molar-refractivity contribution in [1.82, 2.24) is 0 Å². The van der Waals surface area contributed by atoms with Gasteiger partial charge in [0.2, 0.25) is 0 Å². The molecule has 22 heavy (non-hydrogen) atoms. The minimum Gasteiger partial charge on any atom is -0.507 e. The molecule has 0 saturated heterocycles. The molecule has 2 aromatic carbocycles. The van der Waals surface area contributed by atoms with E-state index in [0.29, 0.717) is 5.75 Å². The minimum atomic E-state index is 0.227. The maximum atomic E-state index is 10.2. The SMILES string of the molecule is CCC[C@@H]1N=C(c2ccccc2)C[C@H](c2ccccc2O)[NH2+]1. The van der Waals surface area contributed by atoms with Crippen LogP contribution in [-0.2, 0) is 0 Å². The summed E-state index contributed by atoms with van der Waals surface area (Å²) in [6, 6.07) is 18.3. The van der Waals surface area contributed by atoms with Gasteiger partial charge in [-0.05, 0) is 24.1 Å². The summed E-state index contributed by atoms with van der Waals surface area (Å²) in [5.74, 6) is 0.383. The second kappa shape index (κ2) is 6.75. The van der Waals surface area contributed by atoms with E-state index in [-0.39, 0.29) is 12.2 Å². The van der Waals surface area contributed by atoms with Gasteiger partial charge >= 0.3 is 0 Å². The van der Waals surface area contributed by atoms with Crippen LogP contribution in [0.25, 0.3) is 0 Å².